The molecule has 5 heteroatoms. The molecule has 0 unspecified atom stereocenters. The minimum Gasteiger partial charge on any atom is -0.342 e. The monoisotopic (exact) mass is 264 g/mol. The maximum atomic E-state index is 11.7. The zero-order chi connectivity index (χ0) is 11.7. The van der Waals surface area contributed by atoms with Crippen LogP contribution in [0.5, 0.6) is 0 Å². The largest absolute Gasteiger partial charge is 0.342 e. The molecule has 0 radical (unpaired) electrons. The Bertz CT molecular complexity index is 515. The Morgan fingerprint density at radius 2 is 2.24 bits per heavy atom. The number of fused-ring (bicyclic) bond motifs is 1. The predicted molar refractivity (Wildman–Crippen MR) is 71.5 cm³/mol. The number of rotatable bonds is 3. The van der Waals surface area contributed by atoms with Gasteiger partial charge in [0.2, 0.25) is 5.91 Å². The van der Waals surface area contributed by atoms with Crippen molar-refractivity contribution in [3.8, 4) is 0 Å². The normalized spacial score (nSPS) is 14.9. The Labute approximate surface area is 108 Å². The molecule has 1 amide bonds. The van der Waals surface area contributed by atoms with Crippen LogP contribution in [-0.4, -0.2) is 34.6 Å². The van der Waals surface area contributed by atoms with Crippen molar-refractivity contribution in [3.63, 3.8) is 0 Å². The van der Waals surface area contributed by atoms with Gasteiger partial charge >= 0.3 is 0 Å². The minimum atomic E-state index is 0.237. The van der Waals surface area contributed by atoms with Crippen LogP contribution in [-0.2, 0) is 4.79 Å². The number of thiazole rings is 1. The van der Waals surface area contributed by atoms with E-state index in [2.05, 4.69) is 11.1 Å². The van der Waals surface area contributed by atoms with Crippen LogP contribution >= 0.6 is 23.1 Å². The van der Waals surface area contributed by atoms with Crippen molar-refractivity contribution < 1.29 is 4.79 Å². The van der Waals surface area contributed by atoms with Gasteiger partial charge in [0.15, 0.2) is 4.34 Å². The van der Waals surface area contributed by atoms with Crippen LogP contribution in [0.1, 0.15) is 6.42 Å². The quantitative estimate of drug-likeness (QED) is 0.799. The Morgan fingerprint density at radius 3 is 2.94 bits per heavy atom. The summed E-state index contributed by atoms with van der Waals surface area (Å²) in [6.07, 6.45) is 1.15. The molecule has 1 aromatic heterocycles. The van der Waals surface area contributed by atoms with Crippen LogP contribution in [0.25, 0.3) is 10.2 Å². The topological polar surface area (TPSA) is 33.2 Å². The van der Waals surface area contributed by atoms with E-state index in [9.17, 15) is 4.79 Å². The van der Waals surface area contributed by atoms with Gasteiger partial charge in [-0.2, -0.15) is 0 Å². The number of likely N-dealkylation sites (tertiary alicyclic amines) is 1. The van der Waals surface area contributed by atoms with Crippen LogP contribution in [0.3, 0.4) is 0 Å². The summed E-state index contributed by atoms with van der Waals surface area (Å²) in [5, 5.41) is 0. The summed E-state index contributed by atoms with van der Waals surface area (Å²) in [5.41, 5.74) is 1.02. The van der Waals surface area contributed by atoms with Gasteiger partial charge in [0.1, 0.15) is 0 Å². The molecule has 0 aliphatic carbocycles. The molecular weight excluding hydrogens is 252 g/mol. The number of hydrogen-bond donors (Lipinski definition) is 0. The standard InChI is InChI=1S/C12H12N2OS2/c15-11(14-6-3-7-14)8-16-12-13-9-4-1-2-5-10(9)17-12/h1-2,4-5H,3,6-8H2. The second kappa shape index (κ2) is 4.66. The average molecular weight is 264 g/mol. The summed E-state index contributed by atoms with van der Waals surface area (Å²) in [7, 11) is 0. The Morgan fingerprint density at radius 1 is 1.41 bits per heavy atom. The first-order valence-corrected chi connectivity index (χ1v) is 7.39. The fourth-order valence-electron chi connectivity index (χ4n) is 1.69. The molecule has 0 bridgehead atoms. The van der Waals surface area contributed by atoms with Crippen molar-refractivity contribution in [2.45, 2.75) is 10.8 Å². The molecule has 0 spiro atoms. The second-order valence-electron chi connectivity index (χ2n) is 3.97. The molecule has 2 heterocycles. The lowest BCUT2D eigenvalue weighted by Crippen LogP contribution is -2.42. The Hall–Kier alpha value is -1.07. The summed E-state index contributed by atoms with van der Waals surface area (Å²) >= 11 is 3.21. The van der Waals surface area contributed by atoms with Crippen LogP contribution in [0.2, 0.25) is 0 Å². The molecule has 1 saturated heterocycles. The molecule has 1 aliphatic heterocycles. The maximum Gasteiger partial charge on any atom is 0.233 e. The smallest absolute Gasteiger partial charge is 0.233 e. The summed E-state index contributed by atoms with van der Waals surface area (Å²) in [4.78, 5) is 18.1. The fraction of sp³-hybridized carbons (Fsp3) is 0.333. The highest BCUT2D eigenvalue weighted by Crippen LogP contribution is 2.29. The lowest BCUT2D eigenvalue weighted by atomic mass is 10.2. The van der Waals surface area contributed by atoms with Crippen LogP contribution < -0.4 is 0 Å². The highest BCUT2D eigenvalue weighted by atomic mass is 32.2. The van der Waals surface area contributed by atoms with Crippen LogP contribution in [0.15, 0.2) is 28.6 Å². The first-order chi connectivity index (χ1) is 8.33. The van der Waals surface area contributed by atoms with Gasteiger partial charge in [-0.1, -0.05) is 23.9 Å². The number of carbonyl (C=O) groups is 1. The number of thioether (sulfide) groups is 1. The Kier molecular flexibility index (Phi) is 3.03. The molecule has 3 rings (SSSR count). The van der Waals surface area contributed by atoms with Gasteiger partial charge in [0.25, 0.3) is 0 Å². The predicted octanol–water partition coefficient (Wildman–Crippen LogP) is 2.62. The number of hydrogen-bond acceptors (Lipinski definition) is 4. The zero-order valence-electron chi connectivity index (χ0n) is 9.26. The first-order valence-electron chi connectivity index (χ1n) is 5.59. The number of benzene rings is 1. The van der Waals surface area contributed by atoms with Crippen molar-refractivity contribution in [3.05, 3.63) is 24.3 Å². The molecule has 0 saturated carbocycles. The fourth-order valence-corrected chi connectivity index (χ4v) is 3.66. The van der Waals surface area contributed by atoms with Crippen molar-refractivity contribution >= 4 is 39.2 Å². The third kappa shape index (κ3) is 2.30. The van der Waals surface area contributed by atoms with Gasteiger partial charge in [-0.15, -0.1) is 11.3 Å². The van der Waals surface area contributed by atoms with Gasteiger partial charge < -0.3 is 4.90 Å². The molecule has 0 atom stereocenters. The highest BCUT2D eigenvalue weighted by Gasteiger charge is 2.20. The van der Waals surface area contributed by atoms with Crippen molar-refractivity contribution in [1.29, 1.82) is 0 Å². The van der Waals surface area contributed by atoms with Gasteiger partial charge in [0.05, 0.1) is 16.0 Å². The van der Waals surface area contributed by atoms with Crippen molar-refractivity contribution in [1.82, 2.24) is 9.88 Å². The second-order valence-corrected chi connectivity index (χ2v) is 6.22. The number of amides is 1. The van der Waals surface area contributed by atoms with E-state index in [0.717, 1.165) is 29.4 Å². The van der Waals surface area contributed by atoms with E-state index in [1.807, 2.05) is 23.1 Å². The first kappa shape index (κ1) is 11.0. The van der Waals surface area contributed by atoms with Crippen molar-refractivity contribution in [2.24, 2.45) is 0 Å². The third-order valence-electron chi connectivity index (χ3n) is 2.80. The van der Waals surface area contributed by atoms with E-state index in [-0.39, 0.29) is 5.91 Å². The third-order valence-corrected chi connectivity index (χ3v) is 4.97. The van der Waals surface area contributed by atoms with E-state index in [1.54, 1.807) is 23.1 Å². The highest BCUT2D eigenvalue weighted by molar-refractivity contribution is 8.01. The van der Waals surface area contributed by atoms with E-state index in [4.69, 9.17) is 0 Å². The molecule has 3 nitrogen and oxygen atoms in total. The van der Waals surface area contributed by atoms with E-state index in [1.165, 1.54) is 4.70 Å². The number of carbonyl (C=O) groups excluding carboxylic acids is 1. The number of nitrogens with zero attached hydrogens (tertiary/aromatic N) is 2. The van der Waals surface area contributed by atoms with Gasteiger partial charge in [0, 0.05) is 13.1 Å². The molecular formula is C12H12N2OS2. The zero-order valence-corrected chi connectivity index (χ0v) is 10.9. The average Bonchev–Trinajstić information content (AvgIpc) is 2.66. The summed E-state index contributed by atoms with van der Waals surface area (Å²) in [6, 6.07) is 8.07. The van der Waals surface area contributed by atoms with Crippen molar-refractivity contribution in [2.75, 3.05) is 18.8 Å². The lowest BCUT2D eigenvalue weighted by Gasteiger charge is -2.30. The Balaban J connectivity index is 1.66. The molecule has 1 fully saturated rings. The molecule has 1 aliphatic rings. The lowest BCUT2D eigenvalue weighted by molar-refractivity contribution is -0.131. The molecule has 88 valence electrons. The van der Waals surface area contributed by atoms with E-state index >= 15 is 0 Å². The molecule has 1 aromatic carbocycles. The molecule has 2 aromatic rings. The summed E-state index contributed by atoms with van der Waals surface area (Å²) in [6.45, 7) is 1.86. The molecule has 0 N–H and O–H groups in total. The maximum absolute atomic E-state index is 11.7. The van der Waals surface area contributed by atoms with Crippen LogP contribution in [0, 0.1) is 0 Å². The van der Waals surface area contributed by atoms with E-state index < -0.39 is 0 Å². The number of para-hydroxylation sites is 1. The SMILES string of the molecule is O=C(CSc1nc2ccccc2s1)N1CCC1. The van der Waals surface area contributed by atoms with Gasteiger partial charge in [-0.25, -0.2) is 4.98 Å². The summed E-state index contributed by atoms with van der Waals surface area (Å²) < 4.78 is 2.17. The number of aromatic nitrogens is 1. The van der Waals surface area contributed by atoms with Gasteiger partial charge in [-0.3, -0.25) is 4.79 Å². The van der Waals surface area contributed by atoms with Gasteiger partial charge in [-0.05, 0) is 18.6 Å². The minimum absolute atomic E-state index is 0.237. The van der Waals surface area contributed by atoms with E-state index in [0.29, 0.717) is 5.75 Å². The van der Waals surface area contributed by atoms with Crippen LogP contribution in [0.4, 0.5) is 0 Å². The summed E-state index contributed by atoms with van der Waals surface area (Å²) in [5.74, 6) is 0.750. The molecule has 17 heavy (non-hydrogen) atoms.